The summed E-state index contributed by atoms with van der Waals surface area (Å²) in [5, 5.41) is 0. The molecule has 0 aromatic heterocycles. The second-order valence-corrected chi connectivity index (χ2v) is 10.7. The first kappa shape index (κ1) is 14.9. The van der Waals surface area contributed by atoms with E-state index < -0.39 is 8.07 Å². The zero-order valence-corrected chi connectivity index (χ0v) is 14.2. The van der Waals surface area contributed by atoms with E-state index in [1.165, 1.54) is 38.5 Å². The van der Waals surface area contributed by atoms with E-state index in [9.17, 15) is 0 Å². The Bertz CT molecular complexity index is 139. The molecule has 0 amide bonds. The molecule has 0 aromatic carbocycles. The molecule has 0 saturated carbocycles. The quantitative estimate of drug-likeness (QED) is 0.548. The summed E-state index contributed by atoms with van der Waals surface area (Å²) in [7, 11) is -0.809. The zero-order chi connectivity index (χ0) is 9.03. The normalized spacial score (nSPS) is 29.3. The zero-order valence-electron chi connectivity index (χ0n) is 11.0. The molecule has 0 spiro atoms. The van der Waals surface area contributed by atoms with E-state index >= 15 is 0 Å². The average Bonchev–Trinajstić information content (AvgIpc) is 2.06. The molecule has 1 aliphatic heterocycles. The van der Waals surface area contributed by atoms with Crippen LogP contribution in [0.25, 0.3) is 0 Å². The fraction of sp³-hybridized carbons (Fsp3) is 1.00. The summed E-state index contributed by atoms with van der Waals surface area (Å²) in [6.45, 7) is 7.67. The van der Waals surface area contributed by atoms with Gasteiger partial charge in [-0.3, -0.25) is 0 Å². The van der Waals surface area contributed by atoms with Crippen LogP contribution in [0.2, 0.25) is 24.7 Å². The summed E-state index contributed by atoms with van der Waals surface area (Å²) >= 11 is 0. The monoisotopic (exact) mass is 224 g/mol. The molecular formula is C11H25KSi. The maximum atomic E-state index is 2.59. The van der Waals surface area contributed by atoms with Gasteiger partial charge in [-0.2, -0.15) is 0 Å². The van der Waals surface area contributed by atoms with Gasteiger partial charge in [-0.1, -0.05) is 64.6 Å². The Balaban J connectivity index is 0. The molecule has 1 rings (SSSR count). The number of rotatable bonds is 0. The van der Waals surface area contributed by atoms with Crippen LogP contribution >= 0.6 is 0 Å². The van der Waals surface area contributed by atoms with Crippen LogP contribution in [0.4, 0.5) is 0 Å². The van der Waals surface area contributed by atoms with Gasteiger partial charge < -0.3 is 1.43 Å². The summed E-state index contributed by atoms with van der Waals surface area (Å²) in [6, 6.07) is 1.58. The molecule has 1 atom stereocenters. The smallest absolute Gasteiger partial charge is 1.00 e. The molecule has 0 radical (unpaired) electrons. The van der Waals surface area contributed by atoms with Crippen molar-refractivity contribution in [2.24, 2.45) is 0 Å². The number of hydrogen-bond acceptors (Lipinski definition) is 0. The Morgan fingerprint density at radius 2 is 1.54 bits per heavy atom. The Kier molecular flexibility index (Phi) is 8.20. The summed E-state index contributed by atoms with van der Waals surface area (Å²) in [5.41, 5.74) is 1.07. The Hall–Kier alpha value is 1.85. The van der Waals surface area contributed by atoms with Crippen molar-refractivity contribution in [2.45, 2.75) is 70.1 Å². The topological polar surface area (TPSA) is 0 Å². The molecule has 0 nitrogen and oxygen atoms in total. The van der Waals surface area contributed by atoms with Crippen molar-refractivity contribution in [3.63, 3.8) is 0 Å². The minimum atomic E-state index is -0.809. The van der Waals surface area contributed by atoms with E-state index in [0.29, 0.717) is 0 Å². The van der Waals surface area contributed by atoms with Crippen molar-refractivity contribution in [1.29, 1.82) is 0 Å². The summed E-state index contributed by atoms with van der Waals surface area (Å²) in [5.74, 6) is 0. The van der Waals surface area contributed by atoms with Gasteiger partial charge >= 0.3 is 51.4 Å². The molecule has 0 aliphatic carbocycles. The van der Waals surface area contributed by atoms with Gasteiger partial charge in [0.1, 0.15) is 0 Å². The van der Waals surface area contributed by atoms with Crippen molar-refractivity contribution in [3.05, 3.63) is 0 Å². The first-order valence-electron chi connectivity index (χ1n) is 5.63. The van der Waals surface area contributed by atoms with E-state index in [1.807, 2.05) is 0 Å². The fourth-order valence-corrected chi connectivity index (χ4v) is 4.84. The first-order valence-corrected chi connectivity index (χ1v) is 8.91. The van der Waals surface area contributed by atoms with Crippen LogP contribution < -0.4 is 51.4 Å². The van der Waals surface area contributed by atoms with Crippen molar-refractivity contribution in [2.75, 3.05) is 0 Å². The third kappa shape index (κ3) is 5.48. The van der Waals surface area contributed by atoms with Gasteiger partial charge in [0.15, 0.2) is 0 Å². The molecule has 1 saturated heterocycles. The molecule has 1 unspecified atom stereocenters. The van der Waals surface area contributed by atoms with Crippen molar-refractivity contribution >= 4 is 8.07 Å². The summed E-state index contributed by atoms with van der Waals surface area (Å²) in [6.07, 6.45) is 9.02. The predicted octanol–water partition coefficient (Wildman–Crippen LogP) is 1.56. The molecule has 1 heterocycles. The largest absolute Gasteiger partial charge is 1.00 e. The summed E-state index contributed by atoms with van der Waals surface area (Å²) < 4.78 is 0. The molecular weight excluding hydrogens is 199 g/mol. The second kappa shape index (κ2) is 7.18. The second-order valence-electron chi connectivity index (χ2n) is 5.20. The van der Waals surface area contributed by atoms with Crippen LogP contribution in [-0.4, -0.2) is 8.07 Å². The Labute approximate surface area is 129 Å². The molecule has 0 aromatic rings. The van der Waals surface area contributed by atoms with Crippen molar-refractivity contribution in [1.82, 2.24) is 0 Å². The van der Waals surface area contributed by atoms with Gasteiger partial charge in [-0.25, -0.2) is 0 Å². The molecule has 0 bridgehead atoms. The number of hydrogen-bond donors (Lipinski definition) is 0. The minimum absolute atomic E-state index is 0. The SMILES string of the molecule is CC1CCCCCCC[Si]1(C)C.[H-].[K+]. The molecule has 1 fully saturated rings. The van der Waals surface area contributed by atoms with E-state index in [4.69, 9.17) is 0 Å². The fourth-order valence-electron chi connectivity index (χ4n) is 2.20. The molecule has 13 heavy (non-hydrogen) atoms. The third-order valence-corrected chi connectivity index (χ3v) is 8.39. The van der Waals surface area contributed by atoms with Gasteiger partial charge in [0, 0.05) is 0 Å². The maximum absolute atomic E-state index is 2.59. The van der Waals surface area contributed by atoms with E-state index in [-0.39, 0.29) is 52.8 Å². The average molecular weight is 225 g/mol. The minimum Gasteiger partial charge on any atom is -1.00 e. The molecule has 74 valence electrons. The van der Waals surface area contributed by atoms with Crippen LogP contribution in [0.1, 0.15) is 46.9 Å². The Morgan fingerprint density at radius 1 is 1.00 bits per heavy atom. The van der Waals surface area contributed by atoms with E-state index in [2.05, 4.69) is 20.0 Å². The molecule has 2 heteroatoms. The van der Waals surface area contributed by atoms with Gasteiger partial charge in [0.25, 0.3) is 0 Å². The predicted molar refractivity (Wildman–Crippen MR) is 60.5 cm³/mol. The van der Waals surface area contributed by atoms with Gasteiger partial charge in [0.05, 0.1) is 8.07 Å². The van der Waals surface area contributed by atoms with Crippen LogP contribution in [0, 0.1) is 0 Å². The van der Waals surface area contributed by atoms with E-state index in [1.54, 1.807) is 6.04 Å². The molecule has 0 N–H and O–H groups in total. The van der Waals surface area contributed by atoms with Gasteiger partial charge in [-0.15, -0.1) is 0 Å². The third-order valence-electron chi connectivity index (χ3n) is 3.79. The van der Waals surface area contributed by atoms with Crippen LogP contribution in [0.3, 0.4) is 0 Å². The van der Waals surface area contributed by atoms with Crippen molar-refractivity contribution < 1.29 is 52.8 Å². The first-order chi connectivity index (χ1) is 5.63. The molecule has 1 aliphatic rings. The maximum Gasteiger partial charge on any atom is 1.00 e. The van der Waals surface area contributed by atoms with Gasteiger partial charge in [-0.05, 0) is 5.54 Å². The standard InChI is InChI=1S/C11H24Si.K.H/c1-11-9-7-5-4-6-8-10-12(11,2)3;;/h11H,4-10H2,1-3H3;;/q;+1;-1. The summed E-state index contributed by atoms with van der Waals surface area (Å²) in [4.78, 5) is 0. The van der Waals surface area contributed by atoms with Gasteiger partial charge in [0.2, 0.25) is 0 Å². The van der Waals surface area contributed by atoms with Crippen LogP contribution in [0.15, 0.2) is 0 Å². The Morgan fingerprint density at radius 3 is 2.23 bits per heavy atom. The van der Waals surface area contributed by atoms with E-state index in [0.717, 1.165) is 5.54 Å². The van der Waals surface area contributed by atoms with Crippen molar-refractivity contribution in [3.8, 4) is 0 Å². The van der Waals surface area contributed by atoms with Crippen LogP contribution in [0.5, 0.6) is 0 Å². The van der Waals surface area contributed by atoms with Crippen LogP contribution in [-0.2, 0) is 0 Å².